The summed E-state index contributed by atoms with van der Waals surface area (Å²) in [6.45, 7) is 9.10. The van der Waals surface area contributed by atoms with E-state index in [0.717, 1.165) is 35.5 Å². The highest BCUT2D eigenvalue weighted by molar-refractivity contribution is 6.09. The number of hydrogen-bond acceptors (Lipinski definition) is 2. The molecule has 0 radical (unpaired) electrons. The molecule has 124 valence electrons. The van der Waals surface area contributed by atoms with Gasteiger partial charge in [-0.3, -0.25) is 4.79 Å². The molecule has 0 bridgehead atoms. The summed E-state index contributed by atoms with van der Waals surface area (Å²) >= 11 is 0. The van der Waals surface area contributed by atoms with Gasteiger partial charge in [-0.05, 0) is 57.0 Å². The lowest BCUT2D eigenvalue weighted by molar-refractivity contribution is -0.112. The Morgan fingerprint density at radius 2 is 1.92 bits per heavy atom. The maximum atomic E-state index is 12.4. The summed E-state index contributed by atoms with van der Waals surface area (Å²) < 4.78 is 2.21. The normalized spacial score (nSPS) is 11.2. The second kappa shape index (κ2) is 7.65. The fourth-order valence-corrected chi connectivity index (χ4v) is 2.68. The molecule has 1 N–H and O–H groups in total. The van der Waals surface area contributed by atoms with Gasteiger partial charge in [0.25, 0.3) is 5.91 Å². The Morgan fingerprint density at radius 1 is 1.25 bits per heavy atom. The van der Waals surface area contributed by atoms with Crippen LogP contribution in [-0.2, 0) is 11.3 Å². The predicted molar refractivity (Wildman–Crippen MR) is 97.6 cm³/mol. The molecule has 1 aromatic carbocycles. The van der Waals surface area contributed by atoms with Gasteiger partial charge in [-0.25, -0.2) is 0 Å². The Hall–Kier alpha value is -2.80. The third kappa shape index (κ3) is 3.94. The number of aryl methyl sites for hydroxylation is 2. The lowest BCUT2D eigenvalue weighted by atomic mass is 10.1. The van der Waals surface area contributed by atoms with Crippen LogP contribution in [0.5, 0.6) is 0 Å². The van der Waals surface area contributed by atoms with Gasteiger partial charge in [0.2, 0.25) is 0 Å². The molecule has 0 aliphatic carbocycles. The summed E-state index contributed by atoms with van der Waals surface area (Å²) in [5.74, 6) is -0.387. The molecule has 1 aromatic heterocycles. The minimum Gasteiger partial charge on any atom is -0.349 e. The molecule has 0 atom stereocenters. The molecular formula is C20H23N3O. The van der Waals surface area contributed by atoms with E-state index in [1.54, 1.807) is 6.08 Å². The van der Waals surface area contributed by atoms with E-state index >= 15 is 0 Å². The number of amides is 1. The van der Waals surface area contributed by atoms with Gasteiger partial charge in [0.05, 0.1) is 0 Å². The van der Waals surface area contributed by atoms with Crippen LogP contribution >= 0.6 is 0 Å². The number of aromatic nitrogens is 1. The van der Waals surface area contributed by atoms with Gasteiger partial charge in [-0.15, -0.1) is 0 Å². The molecule has 24 heavy (non-hydrogen) atoms. The van der Waals surface area contributed by atoms with Gasteiger partial charge in [0.15, 0.2) is 0 Å². The van der Waals surface area contributed by atoms with Crippen molar-refractivity contribution in [2.24, 2.45) is 0 Å². The van der Waals surface area contributed by atoms with Crippen LogP contribution in [-0.4, -0.2) is 10.5 Å². The van der Waals surface area contributed by atoms with E-state index in [0.29, 0.717) is 5.69 Å². The van der Waals surface area contributed by atoms with Gasteiger partial charge >= 0.3 is 0 Å². The van der Waals surface area contributed by atoms with E-state index in [4.69, 9.17) is 0 Å². The molecule has 0 fully saturated rings. The minimum atomic E-state index is -0.387. The summed E-state index contributed by atoms with van der Waals surface area (Å²) in [5.41, 5.74) is 5.03. The highest BCUT2D eigenvalue weighted by Gasteiger charge is 2.13. The Bertz CT molecular complexity index is 805. The van der Waals surface area contributed by atoms with Crippen LogP contribution in [0.4, 0.5) is 5.69 Å². The first kappa shape index (κ1) is 17.6. The first-order valence-electron chi connectivity index (χ1n) is 8.12. The van der Waals surface area contributed by atoms with Gasteiger partial charge in [0.1, 0.15) is 11.6 Å². The maximum Gasteiger partial charge on any atom is 0.266 e. The first-order valence-corrected chi connectivity index (χ1v) is 8.12. The standard InChI is InChI=1S/C20H23N3O/c1-5-10-23-15(3)11-17(16(23)4)12-18(13-21)20(24)22-19-8-6-14(2)7-9-19/h6-9,11-12H,5,10H2,1-4H3,(H,22,24)/b18-12+. The molecule has 1 amide bonds. The van der Waals surface area contributed by atoms with Crippen LogP contribution in [0, 0.1) is 32.1 Å². The van der Waals surface area contributed by atoms with E-state index in [9.17, 15) is 10.1 Å². The maximum absolute atomic E-state index is 12.4. The largest absolute Gasteiger partial charge is 0.349 e. The van der Waals surface area contributed by atoms with Gasteiger partial charge in [0, 0.05) is 23.6 Å². The lowest BCUT2D eigenvalue weighted by Gasteiger charge is -2.07. The number of benzene rings is 1. The Balaban J connectivity index is 2.26. The van der Waals surface area contributed by atoms with Crippen molar-refractivity contribution in [2.75, 3.05) is 5.32 Å². The Kier molecular flexibility index (Phi) is 5.59. The molecule has 0 spiro atoms. The summed E-state index contributed by atoms with van der Waals surface area (Å²) in [4.78, 5) is 12.4. The van der Waals surface area contributed by atoms with Crippen molar-refractivity contribution >= 4 is 17.7 Å². The van der Waals surface area contributed by atoms with Gasteiger partial charge < -0.3 is 9.88 Å². The van der Waals surface area contributed by atoms with Crippen LogP contribution in [0.3, 0.4) is 0 Å². The number of carbonyl (C=O) groups excluding carboxylic acids is 1. The van der Waals surface area contributed by atoms with E-state index in [2.05, 4.69) is 16.8 Å². The van der Waals surface area contributed by atoms with E-state index in [1.807, 2.05) is 57.2 Å². The number of nitriles is 1. The topological polar surface area (TPSA) is 57.8 Å². The zero-order valence-electron chi connectivity index (χ0n) is 14.7. The van der Waals surface area contributed by atoms with Crippen LogP contribution < -0.4 is 5.32 Å². The van der Waals surface area contributed by atoms with Crippen molar-refractivity contribution in [1.82, 2.24) is 4.57 Å². The Labute approximate surface area is 143 Å². The molecule has 1 heterocycles. The zero-order valence-corrected chi connectivity index (χ0v) is 14.7. The molecule has 4 heteroatoms. The Morgan fingerprint density at radius 3 is 2.50 bits per heavy atom. The number of nitrogens with one attached hydrogen (secondary N) is 1. The van der Waals surface area contributed by atoms with Crippen LogP contribution in [0.15, 0.2) is 35.9 Å². The predicted octanol–water partition coefficient (Wildman–Crippen LogP) is 4.37. The van der Waals surface area contributed by atoms with Crippen LogP contribution in [0.25, 0.3) is 6.08 Å². The van der Waals surface area contributed by atoms with E-state index in [-0.39, 0.29) is 11.5 Å². The second-order valence-corrected chi connectivity index (χ2v) is 5.97. The highest BCUT2D eigenvalue weighted by atomic mass is 16.1. The quantitative estimate of drug-likeness (QED) is 0.656. The molecule has 0 saturated carbocycles. The SMILES string of the molecule is CCCn1c(C)cc(/C=C(\C#N)C(=O)Nc2ccc(C)cc2)c1C. The monoisotopic (exact) mass is 321 g/mol. The molecule has 0 unspecified atom stereocenters. The lowest BCUT2D eigenvalue weighted by Crippen LogP contribution is -2.13. The molecular weight excluding hydrogens is 298 g/mol. The fourth-order valence-electron chi connectivity index (χ4n) is 2.68. The summed E-state index contributed by atoms with van der Waals surface area (Å²) in [5, 5.41) is 12.1. The first-order chi connectivity index (χ1) is 11.5. The molecule has 0 aliphatic heterocycles. The van der Waals surface area contributed by atoms with Crippen molar-refractivity contribution in [3.8, 4) is 6.07 Å². The van der Waals surface area contributed by atoms with Crippen molar-refractivity contribution in [3.63, 3.8) is 0 Å². The molecule has 2 rings (SSSR count). The number of carbonyl (C=O) groups is 1. The van der Waals surface area contributed by atoms with Crippen molar-refractivity contribution in [3.05, 3.63) is 58.4 Å². The van der Waals surface area contributed by atoms with E-state index in [1.165, 1.54) is 0 Å². The summed E-state index contributed by atoms with van der Waals surface area (Å²) in [7, 11) is 0. The zero-order chi connectivity index (χ0) is 17.7. The number of anilines is 1. The molecule has 0 saturated heterocycles. The minimum absolute atomic E-state index is 0.104. The van der Waals surface area contributed by atoms with Gasteiger partial charge in [-0.1, -0.05) is 24.6 Å². The smallest absolute Gasteiger partial charge is 0.266 e. The van der Waals surface area contributed by atoms with E-state index < -0.39 is 0 Å². The van der Waals surface area contributed by atoms with Crippen LogP contribution in [0.1, 0.15) is 35.9 Å². The average Bonchev–Trinajstić information content (AvgIpc) is 2.82. The third-order valence-electron chi connectivity index (χ3n) is 4.03. The third-order valence-corrected chi connectivity index (χ3v) is 4.03. The van der Waals surface area contributed by atoms with Gasteiger partial charge in [-0.2, -0.15) is 5.26 Å². The average molecular weight is 321 g/mol. The fraction of sp³-hybridized carbons (Fsp3) is 0.300. The number of hydrogen-bond donors (Lipinski definition) is 1. The summed E-state index contributed by atoms with van der Waals surface area (Å²) in [6.07, 6.45) is 2.70. The summed E-state index contributed by atoms with van der Waals surface area (Å²) in [6, 6.07) is 11.5. The molecule has 4 nitrogen and oxygen atoms in total. The second-order valence-electron chi connectivity index (χ2n) is 5.97. The molecule has 2 aromatic rings. The van der Waals surface area contributed by atoms with Crippen molar-refractivity contribution in [1.29, 1.82) is 5.26 Å². The highest BCUT2D eigenvalue weighted by Crippen LogP contribution is 2.19. The number of rotatable bonds is 5. The number of nitrogens with zero attached hydrogens (tertiary/aromatic N) is 2. The van der Waals surface area contributed by atoms with Crippen LogP contribution in [0.2, 0.25) is 0 Å². The van der Waals surface area contributed by atoms with Crippen molar-refractivity contribution in [2.45, 2.75) is 40.7 Å². The molecule has 0 aliphatic rings. The van der Waals surface area contributed by atoms with Crippen molar-refractivity contribution < 1.29 is 4.79 Å².